The number of allylic oxidation sites excluding steroid dienone is 15. The molecule has 12 heteroatoms. The fourth-order valence-corrected chi connectivity index (χ4v) is 15.3. The number of fused-ring (bicyclic) bond motifs is 2. The van der Waals surface area contributed by atoms with Gasteiger partial charge in [-0.2, -0.15) is 0 Å². The van der Waals surface area contributed by atoms with E-state index in [4.69, 9.17) is 0 Å². The minimum atomic E-state index is -4.91. The van der Waals surface area contributed by atoms with Gasteiger partial charge in [0.1, 0.15) is 11.5 Å². The predicted molar refractivity (Wildman–Crippen MR) is 219 cm³/mol. The van der Waals surface area contributed by atoms with Crippen LogP contribution in [0.4, 0.5) is 39.5 Å². The van der Waals surface area contributed by atoms with Crippen LogP contribution in [0.3, 0.4) is 0 Å². The van der Waals surface area contributed by atoms with Crippen LogP contribution >= 0.6 is 0 Å². The van der Waals surface area contributed by atoms with Crippen molar-refractivity contribution in [1.82, 2.24) is 0 Å². The van der Waals surface area contributed by atoms with Crippen molar-refractivity contribution in [2.24, 2.45) is 65.1 Å². The smallest absolute Gasteiger partial charge is 0.410 e. The third-order valence-electron chi connectivity index (χ3n) is 16.9. The maximum Gasteiger partial charge on any atom is 0.573 e. The number of alkyl halides is 9. The van der Waals surface area contributed by atoms with Crippen LogP contribution in [0.2, 0.25) is 0 Å². The molecule has 0 amide bonds. The Morgan fingerprint density at radius 2 is 1.02 bits per heavy atom. The minimum absolute atomic E-state index is 0.0274. The zero-order valence-corrected chi connectivity index (χ0v) is 35.7. The molecule has 10 aliphatic rings. The largest absolute Gasteiger partial charge is 0.573 e. The van der Waals surface area contributed by atoms with Crippen LogP contribution in [0.25, 0.3) is 0 Å². The molecule has 2 fully saturated rings. The highest BCUT2D eigenvalue weighted by atomic mass is 19.4. The summed E-state index contributed by atoms with van der Waals surface area (Å²) >= 11 is 0. The highest BCUT2D eigenvalue weighted by Gasteiger charge is 2.64. The Morgan fingerprint density at radius 1 is 0.500 bits per heavy atom. The fraction of sp³-hybridized carbons (Fsp3) is 0.538. The highest BCUT2D eigenvalue weighted by Crippen LogP contribution is 2.74. The van der Waals surface area contributed by atoms with E-state index in [1.807, 2.05) is 0 Å². The van der Waals surface area contributed by atoms with Gasteiger partial charge in [0, 0.05) is 41.6 Å². The Balaban J connectivity index is 1.19. The summed E-state index contributed by atoms with van der Waals surface area (Å²) in [7, 11) is 0. The Labute approximate surface area is 366 Å². The molecule has 1 aromatic carbocycles. The molecule has 2 saturated carbocycles. The first-order valence-electron chi connectivity index (χ1n) is 23.0. The van der Waals surface area contributed by atoms with E-state index in [0.29, 0.717) is 48.0 Å². The summed E-state index contributed by atoms with van der Waals surface area (Å²) in [6, 6.07) is 6.19. The molecular formula is C52H49F9O3. The van der Waals surface area contributed by atoms with Crippen molar-refractivity contribution in [2.45, 2.75) is 110 Å². The lowest BCUT2D eigenvalue weighted by Gasteiger charge is -2.66. The van der Waals surface area contributed by atoms with Crippen LogP contribution in [0.15, 0.2) is 127 Å². The summed E-state index contributed by atoms with van der Waals surface area (Å²) in [6.45, 7) is 7.24. The van der Waals surface area contributed by atoms with Crippen LogP contribution in [-0.4, -0.2) is 19.1 Å². The number of hydrogen-bond acceptors (Lipinski definition) is 3. The quantitative estimate of drug-likeness (QED) is 0.162. The molecule has 0 saturated heterocycles. The average molecular weight is 893 g/mol. The van der Waals surface area contributed by atoms with E-state index in [0.717, 1.165) is 56.1 Å². The number of ether oxygens (including phenoxy) is 3. The fourth-order valence-electron chi connectivity index (χ4n) is 15.3. The van der Waals surface area contributed by atoms with E-state index < -0.39 is 24.8 Å². The summed E-state index contributed by atoms with van der Waals surface area (Å²) in [5.74, 6) is 0.736. The normalized spacial score (nSPS) is 36.2. The van der Waals surface area contributed by atoms with Gasteiger partial charge in [-0.05, 0) is 141 Å². The van der Waals surface area contributed by atoms with Crippen LogP contribution in [0.5, 0.6) is 5.75 Å². The van der Waals surface area contributed by atoms with Gasteiger partial charge in [-0.1, -0.05) is 94.9 Å². The lowest BCUT2D eigenvalue weighted by Crippen LogP contribution is -2.55. The molecule has 0 aromatic heterocycles. The Bertz CT molecular complexity index is 2500. The monoisotopic (exact) mass is 892 g/mol. The molecular weight excluding hydrogens is 844 g/mol. The standard InChI is InChI=1S/C52H49F9O3/c1-24-4-18-35-37-22-20-33(27-6-12-30(13-7-27)62-50(53,54)55)42-41(29-10-16-32(17-11-29)64-52(59,60)61)43-34(28-8-14-31(15-9-28)63-51(56,57)58)21-23-38-36-19-5-25(2)40-26(3)39(24)44(35)48(45(36)40)49(46(37)42)47(38)43/h6-8,10,12-14,16,24-26,33-38,41,48-49H,4-5,11,17-23H2,1-3H3. The number of hydrogen-bond donors (Lipinski definition) is 0. The van der Waals surface area contributed by atoms with Crippen molar-refractivity contribution >= 4 is 0 Å². The number of rotatable bonds is 6. The molecule has 1 aromatic rings. The maximum absolute atomic E-state index is 13.6. The first kappa shape index (κ1) is 42.1. The highest BCUT2D eigenvalue weighted by molar-refractivity contribution is 5.64. The molecule has 0 spiro atoms. The van der Waals surface area contributed by atoms with Gasteiger partial charge >= 0.3 is 19.1 Å². The van der Waals surface area contributed by atoms with Crippen molar-refractivity contribution in [3.05, 3.63) is 133 Å². The Hall–Kier alpha value is -4.53. The molecule has 0 N–H and O–H groups in total. The molecule has 10 aliphatic carbocycles. The second-order valence-corrected chi connectivity index (χ2v) is 19.9. The zero-order chi connectivity index (χ0) is 44.8. The van der Waals surface area contributed by atoms with Crippen molar-refractivity contribution in [3.8, 4) is 5.75 Å². The van der Waals surface area contributed by atoms with Gasteiger partial charge in [-0.3, -0.25) is 0 Å². The first-order chi connectivity index (χ1) is 30.3. The predicted octanol–water partition coefficient (Wildman–Crippen LogP) is 14.7. The van der Waals surface area contributed by atoms with Crippen LogP contribution < -0.4 is 4.74 Å². The van der Waals surface area contributed by atoms with Crippen molar-refractivity contribution < 1.29 is 53.7 Å². The molecule has 12 unspecified atom stereocenters. The van der Waals surface area contributed by atoms with E-state index in [2.05, 4.69) is 46.4 Å². The summed E-state index contributed by atoms with van der Waals surface area (Å²) in [6.07, 6.45) is -0.611. The molecule has 12 atom stereocenters. The summed E-state index contributed by atoms with van der Waals surface area (Å²) in [5.41, 5.74) is 20.0. The molecule has 64 heavy (non-hydrogen) atoms. The summed E-state index contributed by atoms with van der Waals surface area (Å²) in [4.78, 5) is 0. The molecule has 338 valence electrons. The van der Waals surface area contributed by atoms with Crippen LogP contribution in [0, 0.1) is 65.1 Å². The summed E-state index contributed by atoms with van der Waals surface area (Å²) < 4.78 is 134. The van der Waals surface area contributed by atoms with Crippen molar-refractivity contribution in [3.63, 3.8) is 0 Å². The Morgan fingerprint density at radius 3 is 1.52 bits per heavy atom. The lowest BCUT2D eigenvalue weighted by atomic mass is 9.38. The van der Waals surface area contributed by atoms with Gasteiger partial charge in [-0.25, -0.2) is 0 Å². The summed E-state index contributed by atoms with van der Waals surface area (Å²) in [5, 5.41) is 0. The molecule has 0 bridgehead atoms. The SMILES string of the molecule is CC1CCC2C3=C1C(C)C1=C4C(CCC1C)C1CCC(c5ccc(OC(F)(F)F)cc5)C5=C1C(C1=C(C(C6=C=C=C(OC(F)(F)F)C=C6)CCC12)C5C1=CC=C(OC(F)(F)F)CC1)C34. The van der Waals surface area contributed by atoms with E-state index >= 15 is 0 Å². The minimum Gasteiger partial charge on any atom is -0.410 e. The second-order valence-electron chi connectivity index (χ2n) is 19.9. The van der Waals surface area contributed by atoms with Crippen LogP contribution in [0.1, 0.15) is 96.5 Å². The number of halogens is 9. The van der Waals surface area contributed by atoms with Crippen molar-refractivity contribution in [1.29, 1.82) is 0 Å². The van der Waals surface area contributed by atoms with E-state index in [-0.39, 0.29) is 59.4 Å². The first-order valence-corrected chi connectivity index (χ1v) is 23.0. The molecule has 0 radical (unpaired) electrons. The van der Waals surface area contributed by atoms with Gasteiger partial charge in [-0.15, -0.1) is 39.5 Å². The molecule has 11 rings (SSSR count). The topological polar surface area (TPSA) is 27.7 Å². The van der Waals surface area contributed by atoms with E-state index in [1.165, 1.54) is 46.6 Å². The third-order valence-corrected chi connectivity index (χ3v) is 16.9. The van der Waals surface area contributed by atoms with Gasteiger partial charge in [0.15, 0.2) is 5.76 Å². The average Bonchev–Trinajstić information content (AvgIpc) is 3.22. The zero-order valence-electron chi connectivity index (χ0n) is 35.7. The van der Waals surface area contributed by atoms with Gasteiger partial charge < -0.3 is 14.2 Å². The maximum atomic E-state index is 13.6. The number of benzene rings is 1. The van der Waals surface area contributed by atoms with Gasteiger partial charge in [0.25, 0.3) is 0 Å². The van der Waals surface area contributed by atoms with E-state index in [9.17, 15) is 39.5 Å². The van der Waals surface area contributed by atoms with Gasteiger partial charge in [0.05, 0.1) is 0 Å². The van der Waals surface area contributed by atoms with Crippen molar-refractivity contribution in [2.75, 3.05) is 0 Å². The van der Waals surface area contributed by atoms with E-state index in [1.54, 1.807) is 46.6 Å². The van der Waals surface area contributed by atoms with Gasteiger partial charge in [0.2, 0.25) is 0 Å². The molecule has 0 aliphatic heterocycles. The second kappa shape index (κ2) is 14.7. The third kappa shape index (κ3) is 6.77. The molecule has 0 heterocycles. The van der Waals surface area contributed by atoms with Crippen LogP contribution in [-0.2, 0) is 9.47 Å². The molecule has 3 nitrogen and oxygen atoms in total. The Kier molecular flexibility index (Phi) is 9.70. The lowest BCUT2D eigenvalue weighted by molar-refractivity contribution is -0.306.